The molecule has 0 aliphatic carbocycles. The van der Waals surface area contributed by atoms with E-state index in [-0.39, 0.29) is 42.9 Å². The fourth-order valence-corrected chi connectivity index (χ4v) is 3.87. The normalized spacial score (nSPS) is 21.2. The summed E-state index contributed by atoms with van der Waals surface area (Å²) in [6, 6.07) is 18.6. The highest BCUT2D eigenvalue weighted by Crippen LogP contribution is 2.16. The van der Waals surface area contributed by atoms with Crippen LogP contribution in [-0.4, -0.2) is 49.2 Å². The largest absolute Gasteiger partial charge is 0.374 e. The number of halogens is 2. The van der Waals surface area contributed by atoms with Crippen LogP contribution in [0.2, 0.25) is 0 Å². The topological polar surface area (TPSA) is 53.6 Å². The fourth-order valence-electron chi connectivity index (χ4n) is 3.87. The maximum atomic E-state index is 12.6. The average molecular weight is 438 g/mol. The van der Waals surface area contributed by atoms with Gasteiger partial charge in [0.1, 0.15) is 0 Å². The van der Waals surface area contributed by atoms with Crippen LogP contribution in [0.3, 0.4) is 0 Å². The van der Waals surface area contributed by atoms with Crippen LogP contribution in [0.15, 0.2) is 54.6 Å². The first-order valence-electron chi connectivity index (χ1n) is 9.74. The molecule has 0 radical (unpaired) electrons. The van der Waals surface area contributed by atoms with Crippen LogP contribution in [0.25, 0.3) is 0 Å². The van der Waals surface area contributed by atoms with Gasteiger partial charge < -0.3 is 15.4 Å². The monoisotopic (exact) mass is 437 g/mol. The lowest BCUT2D eigenvalue weighted by molar-refractivity contribution is -0.124. The minimum Gasteiger partial charge on any atom is -0.374 e. The van der Waals surface area contributed by atoms with Gasteiger partial charge in [0, 0.05) is 32.7 Å². The third-order valence-electron chi connectivity index (χ3n) is 5.37. The summed E-state index contributed by atoms with van der Waals surface area (Å²) in [5.41, 5.74) is 3.86. The van der Waals surface area contributed by atoms with Gasteiger partial charge in [-0.05, 0) is 23.1 Å². The molecule has 1 saturated heterocycles. The van der Waals surface area contributed by atoms with Crippen molar-refractivity contribution in [1.82, 2.24) is 15.5 Å². The Labute approximate surface area is 185 Å². The van der Waals surface area contributed by atoms with Gasteiger partial charge in [-0.25, -0.2) is 0 Å². The first-order chi connectivity index (χ1) is 13.3. The van der Waals surface area contributed by atoms with Crippen LogP contribution in [0.1, 0.15) is 16.7 Å². The van der Waals surface area contributed by atoms with Crippen molar-refractivity contribution >= 4 is 30.7 Å². The molecule has 2 aliphatic heterocycles. The van der Waals surface area contributed by atoms with Gasteiger partial charge in [-0.15, -0.1) is 24.8 Å². The van der Waals surface area contributed by atoms with Crippen LogP contribution in [0, 0.1) is 0 Å². The summed E-state index contributed by atoms with van der Waals surface area (Å²) in [6.07, 6.45) is 0.787. The van der Waals surface area contributed by atoms with E-state index in [0.717, 1.165) is 32.6 Å². The lowest BCUT2D eigenvalue weighted by atomic mass is 9.95. The molecular formula is C22H29Cl2N3O2. The molecule has 2 unspecified atom stereocenters. The summed E-state index contributed by atoms with van der Waals surface area (Å²) in [6.45, 7) is 4.72. The van der Waals surface area contributed by atoms with E-state index in [1.807, 2.05) is 18.2 Å². The second-order valence-corrected chi connectivity index (χ2v) is 7.36. The predicted octanol–water partition coefficient (Wildman–Crippen LogP) is 2.56. The van der Waals surface area contributed by atoms with Crippen LogP contribution in [-0.2, 0) is 29.0 Å². The molecule has 2 N–H and O–H groups in total. The third-order valence-corrected chi connectivity index (χ3v) is 5.37. The Kier molecular flexibility index (Phi) is 9.40. The van der Waals surface area contributed by atoms with Gasteiger partial charge in [-0.1, -0.05) is 54.6 Å². The van der Waals surface area contributed by atoms with Gasteiger partial charge in [0.2, 0.25) is 5.91 Å². The number of hydrogen-bond donors (Lipinski definition) is 2. The third kappa shape index (κ3) is 6.43. The number of morpholine rings is 1. The Morgan fingerprint density at radius 1 is 1.07 bits per heavy atom. The number of carbonyl (C=O) groups is 1. The summed E-state index contributed by atoms with van der Waals surface area (Å²) in [5, 5.41) is 6.43. The van der Waals surface area contributed by atoms with E-state index in [1.165, 1.54) is 16.7 Å². The fraction of sp³-hybridized carbons (Fsp3) is 0.409. The SMILES string of the molecule is Cl.Cl.O=C(NCC1CN(Cc2ccccc2)CCO1)C1Cc2ccccc2CN1. The van der Waals surface area contributed by atoms with E-state index in [9.17, 15) is 4.79 Å². The molecule has 29 heavy (non-hydrogen) atoms. The Bertz CT molecular complexity index is 776. The molecule has 4 rings (SSSR count). The van der Waals surface area contributed by atoms with Crippen LogP contribution in [0.5, 0.6) is 0 Å². The number of nitrogens with zero attached hydrogens (tertiary/aromatic N) is 1. The lowest BCUT2D eigenvalue weighted by Crippen LogP contribution is -2.52. The molecule has 2 heterocycles. The van der Waals surface area contributed by atoms with Crippen molar-refractivity contribution in [3.63, 3.8) is 0 Å². The van der Waals surface area contributed by atoms with Gasteiger partial charge in [0.05, 0.1) is 18.8 Å². The van der Waals surface area contributed by atoms with E-state index in [4.69, 9.17) is 4.74 Å². The molecular weight excluding hydrogens is 409 g/mol. The molecule has 0 saturated carbocycles. The quantitative estimate of drug-likeness (QED) is 0.754. The predicted molar refractivity (Wildman–Crippen MR) is 120 cm³/mol. The second-order valence-electron chi connectivity index (χ2n) is 7.36. The zero-order chi connectivity index (χ0) is 18.5. The number of hydrogen-bond acceptors (Lipinski definition) is 4. The van der Waals surface area contributed by atoms with Crippen LogP contribution < -0.4 is 10.6 Å². The molecule has 0 spiro atoms. The van der Waals surface area contributed by atoms with E-state index < -0.39 is 0 Å². The zero-order valence-corrected chi connectivity index (χ0v) is 18.0. The van der Waals surface area contributed by atoms with Crippen molar-refractivity contribution < 1.29 is 9.53 Å². The van der Waals surface area contributed by atoms with Gasteiger partial charge in [0.15, 0.2) is 0 Å². The van der Waals surface area contributed by atoms with Gasteiger partial charge >= 0.3 is 0 Å². The molecule has 2 aromatic rings. The molecule has 0 bridgehead atoms. The number of ether oxygens (including phenoxy) is 1. The highest BCUT2D eigenvalue weighted by Gasteiger charge is 2.26. The van der Waals surface area contributed by atoms with Crippen molar-refractivity contribution in [1.29, 1.82) is 0 Å². The molecule has 5 nitrogen and oxygen atoms in total. The summed E-state index contributed by atoms with van der Waals surface area (Å²) < 4.78 is 5.86. The number of rotatable bonds is 5. The number of benzene rings is 2. The van der Waals surface area contributed by atoms with Crippen molar-refractivity contribution in [2.75, 3.05) is 26.2 Å². The molecule has 7 heteroatoms. The highest BCUT2D eigenvalue weighted by atomic mass is 35.5. The maximum absolute atomic E-state index is 12.6. The smallest absolute Gasteiger partial charge is 0.237 e. The Balaban J connectivity index is 0.00000150. The van der Waals surface area contributed by atoms with Crippen molar-refractivity contribution in [2.45, 2.75) is 31.7 Å². The molecule has 2 aromatic carbocycles. The van der Waals surface area contributed by atoms with Gasteiger partial charge in [0.25, 0.3) is 0 Å². The number of amides is 1. The molecule has 0 aromatic heterocycles. The zero-order valence-electron chi connectivity index (χ0n) is 16.4. The molecule has 1 amide bonds. The van der Waals surface area contributed by atoms with Crippen molar-refractivity contribution in [3.05, 3.63) is 71.3 Å². The molecule has 2 aliphatic rings. The van der Waals surface area contributed by atoms with E-state index >= 15 is 0 Å². The molecule has 2 atom stereocenters. The van der Waals surface area contributed by atoms with Crippen LogP contribution >= 0.6 is 24.8 Å². The number of nitrogens with one attached hydrogen (secondary N) is 2. The first kappa shape index (κ1) is 23.6. The van der Waals surface area contributed by atoms with Gasteiger partial charge in [-0.3, -0.25) is 9.69 Å². The van der Waals surface area contributed by atoms with E-state index in [0.29, 0.717) is 13.2 Å². The standard InChI is InChI=1S/C22H27N3O2.2ClH/c26-22(21-12-18-8-4-5-9-19(18)13-23-21)24-14-20-16-25(10-11-27-20)15-17-6-2-1-3-7-17;;/h1-9,20-21,23H,10-16H2,(H,24,26);2*1H. The summed E-state index contributed by atoms with van der Waals surface area (Å²) in [4.78, 5) is 15.0. The highest BCUT2D eigenvalue weighted by molar-refractivity contribution is 5.85. The minimum atomic E-state index is -0.163. The Morgan fingerprint density at radius 3 is 2.59 bits per heavy atom. The first-order valence-corrected chi connectivity index (χ1v) is 9.74. The minimum absolute atomic E-state index is 0. The Hall–Kier alpha value is -1.63. The van der Waals surface area contributed by atoms with Crippen molar-refractivity contribution in [2.24, 2.45) is 0 Å². The lowest BCUT2D eigenvalue weighted by Gasteiger charge is -2.33. The van der Waals surface area contributed by atoms with E-state index in [1.54, 1.807) is 0 Å². The summed E-state index contributed by atoms with van der Waals surface area (Å²) in [5.74, 6) is 0.0632. The van der Waals surface area contributed by atoms with Crippen molar-refractivity contribution in [3.8, 4) is 0 Å². The Morgan fingerprint density at radius 2 is 1.79 bits per heavy atom. The maximum Gasteiger partial charge on any atom is 0.237 e. The average Bonchev–Trinajstić information content (AvgIpc) is 2.73. The summed E-state index contributed by atoms with van der Waals surface area (Å²) in [7, 11) is 0. The second kappa shape index (κ2) is 11.5. The number of carbonyl (C=O) groups excluding carboxylic acids is 1. The molecule has 1 fully saturated rings. The van der Waals surface area contributed by atoms with Crippen LogP contribution in [0.4, 0.5) is 0 Å². The van der Waals surface area contributed by atoms with Gasteiger partial charge in [-0.2, -0.15) is 0 Å². The molecule has 158 valence electrons. The summed E-state index contributed by atoms with van der Waals surface area (Å²) >= 11 is 0. The number of fused-ring (bicyclic) bond motifs is 1. The van der Waals surface area contributed by atoms with E-state index in [2.05, 4.69) is 51.9 Å².